The Labute approximate surface area is 194 Å². The molecule has 0 amide bonds. The number of aromatic nitrogens is 1. The van der Waals surface area contributed by atoms with Crippen molar-refractivity contribution in [1.29, 1.82) is 0 Å². The maximum absolute atomic E-state index is 13.5. The number of nitrogens with zero attached hydrogens (tertiary/aromatic N) is 3. The molecule has 0 atom stereocenters. The number of benzene rings is 2. The third kappa shape index (κ3) is 4.87. The predicted molar refractivity (Wildman–Crippen MR) is 119 cm³/mol. The van der Waals surface area contributed by atoms with Crippen molar-refractivity contribution in [1.82, 2.24) is 9.46 Å². The van der Waals surface area contributed by atoms with Gasteiger partial charge in [-0.2, -0.15) is 17.5 Å². The van der Waals surface area contributed by atoms with E-state index >= 15 is 0 Å². The summed E-state index contributed by atoms with van der Waals surface area (Å²) in [4.78, 5) is 2.15. The van der Waals surface area contributed by atoms with Gasteiger partial charge in [0.2, 0.25) is 15.8 Å². The second-order valence-corrected chi connectivity index (χ2v) is 9.96. The van der Waals surface area contributed by atoms with Gasteiger partial charge in [0.15, 0.2) is 0 Å². The van der Waals surface area contributed by atoms with E-state index in [1.54, 1.807) is 24.3 Å². The average molecular weight is 500 g/mol. The summed E-state index contributed by atoms with van der Waals surface area (Å²) >= 11 is 5.94. The van der Waals surface area contributed by atoms with Gasteiger partial charge in [0, 0.05) is 48.5 Å². The second kappa shape index (κ2) is 9.00. The topological polar surface area (TPSA) is 66.7 Å². The van der Waals surface area contributed by atoms with Crippen LogP contribution in [0.4, 0.5) is 18.9 Å². The molecule has 1 fully saturated rings. The lowest BCUT2D eigenvalue weighted by atomic mass is 10.1. The molecule has 4 rings (SSSR count). The molecule has 2 aromatic carbocycles. The first kappa shape index (κ1) is 23.6. The third-order valence-electron chi connectivity index (χ3n) is 5.58. The highest BCUT2D eigenvalue weighted by Gasteiger charge is 2.36. The number of piperazine rings is 1. The SMILES string of the molecule is CCc1ccc(-c2cc(C(F)(F)F)on2)cc1S(=O)(=O)N1CCN(c2ccc(Cl)cc2)CC1. The highest BCUT2D eigenvalue weighted by Crippen LogP contribution is 2.34. The Hall–Kier alpha value is -2.56. The number of hydrogen-bond donors (Lipinski definition) is 0. The van der Waals surface area contributed by atoms with Gasteiger partial charge in [-0.15, -0.1) is 0 Å². The van der Waals surface area contributed by atoms with Crippen LogP contribution in [0.2, 0.25) is 5.02 Å². The van der Waals surface area contributed by atoms with Crippen LogP contribution in [0, 0.1) is 0 Å². The van der Waals surface area contributed by atoms with Crippen molar-refractivity contribution < 1.29 is 26.1 Å². The molecule has 0 bridgehead atoms. The van der Waals surface area contributed by atoms with Crippen molar-refractivity contribution >= 4 is 27.3 Å². The van der Waals surface area contributed by atoms with Gasteiger partial charge < -0.3 is 9.42 Å². The molecule has 1 saturated heterocycles. The quantitative estimate of drug-likeness (QED) is 0.489. The molecule has 33 heavy (non-hydrogen) atoms. The smallest absolute Gasteiger partial charge is 0.369 e. The molecule has 1 aliphatic heterocycles. The molecule has 2 heterocycles. The van der Waals surface area contributed by atoms with Crippen molar-refractivity contribution in [3.8, 4) is 11.3 Å². The summed E-state index contributed by atoms with van der Waals surface area (Å²) in [6, 6.07) is 12.6. The minimum absolute atomic E-state index is 0.0685. The van der Waals surface area contributed by atoms with Gasteiger partial charge in [0.1, 0.15) is 5.69 Å². The van der Waals surface area contributed by atoms with E-state index in [9.17, 15) is 21.6 Å². The first-order chi connectivity index (χ1) is 15.6. The molecule has 1 aromatic heterocycles. The molecule has 0 saturated carbocycles. The molecular weight excluding hydrogens is 479 g/mol. The van der Waals surface area contributed by atoms with Crippen LogP contribution in [-0.4, -0.2) is 44.1 Å². The Kier molecular flexibility index (Phi) is 6.43. The van der Waals surface area contributed by atoms with E-state index in [1.807, 2.05) is 19.1 Å². The van der Waals surface area contributed by atoms with Crippen LogP contribution in [0.25, 0.3) is 11.3 Å². The monoisotopic (exact) mass is 499 g/mol. The molecule has 1 aliphatic rings. The van der Waals surface area contributed by atoms with Crippen LogP contribution >= 0.6 is 11.6 Å². The summed E-state index contributed by atoms with van der Waals surface area (Å²) in [5.74, 6) is -1.24. The zero-order valence-electron chi connectivity index (χ0n) is 17.6. The Balaban J connectivity index is 1.59. The summed E-state index contributed by atoms with van der Waals surface area (Å²) in [6.07, 6.45) is -4.22. The van der Waals surface area contributed by atoms with Crippen LogP contribution in [0.15, 0.2) is 57.9 Å². The van der Waals surface area contributed by atoms with Crippen LogP contribution in [-0.2, 0) is 22.6 Å². The fourth-order valence-electron chi connectivity index (χ4n) is 3.77. The van der Waals surface area contributed by atoms with E-state index in [2.05, 4.69) is 14.6 Å². The number of rotatable bonds is 5. The van der Waals surface area contributed by atoms with Gasteiger partial charge in [-0.05, 0) is 42.3 Å². The number of halogens is 4. The van der Waals surface area contributed by atoms with E-state index in [0.717, 1.165) is 11.8 Å². The third-order valence-corrected chi connectivity index (χ3v) is 7.81. The number of anilines is 1. The molecular formula is C22H21ClF3N3O3S. The van der Waals surface area contributed by atoms with E-state index in [-0.39, 0.29) is 29.2 Å². The van der Waals surface area contributed by atoms with Gasteiger partial charge in [-0.25, -0.2) is 8.42 Å². The summed E-state index contributed by atoms with van der Waals surface area (Å²) in [5, 5.41) is 4.10. The second-order valence-electron chi connectivity index (χ2n) is 7.62. The lowest BCUT2D eigenvalue weighted by Gasteiger charge is -2.35. The maximum Gasteiger partial charge on any atom is 0.452 e. The number of aryl methyl sites for hydroxylation is 1. The standard InChI is InChI=1S/C22H21ClF3N3O3S/c1-2-15-3-4-16(19-14-21(32-27-19)22(24,25)26)13-20(15)33(30,31)29-11-9-28(10-12-29)18-7-5-17(23)6-8-18/h3-8,13-14H,2,9-12H2,1H3. The van der Waals surface area contributed by atoms with Gasteiger partial charge in [-0.3, -0.25) is 0 Å². The highest BCUT2D eigenvalue weighted by molar-refractivity contribution is 7.89. The van der Waals surface area contributed by atoms with Crippen molar-refractivity contribution in [3.05, 3.63) is 64.9 Å². The van der Waals surface area contributed by atoms with Crippen molar-refractivity contribution in [2.45, 2.75) is 24.4 Å². The fourth-order valence-corrected chi connectivity index (χ4v) is 5.64. The first-order valence-corrected chi connectivity index (χ1v) is 12.1. The molecule has 0 unspecified atom stereocenters. The first-order valence-electron chi connectivity index (χ1n) is 10.3. The molecule has 0 aliphatic carbocycles. The molecule has 0 spiro atoms. The zero-order valence-corrected chi connectivity index (χ0v) is 19.2. The van der Waals surface area contributed by atoms with Crippen LogP contribution < -0.4 is 4.90 Å². The van der Waals surface area contributed by atoms with Crippen LogP contribution in [0.1, 0.15) is 18.2 Å². The fraction of sp³-hybridized carbons (Fsp3) is 0.318. The average Bonchev–Trinajstić information content (AvgIpc) is 3.30. The van der Waals surface area contributed by atoms with E-state index < -0.39 is 22.0 Å². The van der Waals surface area contributed by atoms with Gasteiger partial charge in [-0.1, -0.05) is 35.8 Å². The van der Waals surface area contributed by atoms with Crippen molar-refractivity contribution in [3.63, 3.8) is 0 Å². The summed E-state index contributed by atoms with van der Waals surface area (Å²) in [7, 11) is -3.86. The maximum atomic E-state index is 13.5. The summed E-state index contributed by atoms with van der Waals surface area (Å²) < 4.78 is 71.4. The minimum Gasteiger partial charge on any atom is -0.369 e. The molecule has 176 valence electrons. The highest BCUT2D eigenvalue weighted by atomic mass is 35.5. The predicted octanol–water partition coefficient (Wildman–Crippen LogP) is 5.09. The molecule has 6 nitrogen and oxygen atoms in total. The minimum atomic E-state index is -4.67. The number of hydrogen-bond acceptors (Lipinski definition) is 5. The van der Waals surface area contributed by atoms with Gasteiger partial charge in [0.25, 0.3) is 0 Å². The summed E-state index contributed by atoms with van der Waals surface area (Å²) in [6.45, 7) is 3.38. The van der Waals surface area contributed by atoms with Crippen LogP contribution in [0.5, 0.6) is 0 Å². The number of alkyl halides is 3. The Morgan fingerprint density at radius 1 is 1.03 bits per heavy atom. The van der Waals surface area contributed by atoms with Gasteiger partial charge in [0.05, 0.1) is 4.90 Å². The molecule has 11 heteroatoms. The summed E-state index contributed by atoms with van der Waals surface area (Å²) in [5.41, 5.74) is 1.71. The normalized spacial score (nSPS) is 15.7. The van der Waals surface area contributed by atoms with E-state index in [0.29, 0.717) is 30.1 Å². The zero-order chi connectivity index (χ0) is 23.8. The van der Waals surface area contributed by atoms with Crippen LogP contribution in [0.3, 0.4) is 0 Å². The Bertz CT molecular complexity index is 1240. The molecule has 0 radical (unpaired) electrons. The molecule has 3 aromatic rings. The van der Waals surface area contributed by atoms with E-state index in [1.165, 1.54) is 10.4 Å². The number of sulfonamides is 1. The lowest BCUT2D eigenvalue weighted by Crippen LogP contribution is -2.48. The molecule has 0 N–H and O–H groups in total. The lowest BCUT2D eigenvalue weighted by molar-refractivity contribution is -0.155. The van der Waals surface area contributed by atoms with Crippen molar-refractivity contribution in [2.24, 2.45) is 0 Å². The Morgan fingerprint density at radius 3 is 2.27 bits per heavy atom. The van der Waals surface area contributed by atoms with E-state index in [4.69, 9.17) is 11.6 Å². The largest absolute Gasteiger partial charge is 0.452 e. The van der Waals surface area contributed by atoms with Gasteiger partial charge >= 0.3 is 6.18 Å². The van der Waals surface area contributed by atoms with Crippen molar-refractivity contribution in [2.75, 3.05) is 31.1 Å². The Morgan fingerprint density at radius 2 is 1.70 bits per heavy atom.